The summed E-state index contributed by atoms with van der Waals surface area (Å²) in [5, 5.41) is 14.8. The minimum Gasteiger partial charge on any atom is -0.497 e. The molecule has 182 valence electrons. The minimum atomic E-state index is -1.21. The number of fused-ring (bicyclic) bond motifs is 1. The van der Waals surface area contributed by atoms with Crippen LogP contribution < -0.4 is 10.1 Å². The molecular weight excluding hydrogens is 442 g/mol. The van der Waals surface area contributed by atoms with Gasteiger partial charge < -0.3 is 19.9 Å². The van der Waals surface area contributed by atoms with E-state index >= 15 is 0 Å². The van der Waals surface area contributed by atoms with Crippen LogP contribution in [0.2, 0.25) is 0 Å². The molecule has 0 aliphatic carbocycles. The molecule has 6 nitrogen and oxygen atoms in total. The van der Waals surface area contributed by atoms with Crippen LogP contribution in [0.4, 0.5) is 0 Å². The number of nitrogens with one attached hydrogen (secondary N) is 1. The van der Waals surface area contributed by atoms with Crippen molar-refractivity contribution in [1.82, 2.24) is 5.32 Å². The fourth-order valence-electron chi connectivity index (χ4n) is 4.75. The van der Waals surface area contributed by atoms with E-state index in [0.29, 0.717) is 29.5 Å². The summed E-state index contributed by atoms with van der Waals surface area (Å²) in [5.41, 5.74) is 2.12. The Labute approximate surface area is 205 Å². The Morgan fingerprint density at radius 3 is 2.46 bits per heavy atom. The van der Waals surface area contributed by atoms with Crippen LogP contribution >= 0.6 is 0 Å². The van der Waals surface area contributed by atoms with Crippen LogP contribution in [0.5, 0.6) is 5.75 Å². The second-order valence-corrected chi connectivity index (χ2v) is 9.81. The third-order valence-electron chi connectivity index (χ3n) is 6.54. The van der Waals surface area contributed by atoms with Gasteiger partial charge in [-0.1, -0.05) is 56.3 Å². The molecule has 4 rings (SSSR count). The summed E-state index contributed by atoms with van der Waals surface area (Å²) >= 11 is 0. The van der Waals surface area contributed by atoms with Crippen molar-refractivity contribution >= 4 is 11.9 Å². The average molecular weight is 474 g/mol. The van der Waals surface area contributed by atoms with Gasteiger partial charge in [0, 0.05) is 24.1 Å². The first-order valence-corrected chi connectivity index (χ1v) is 11.7. The zero-order chi connectivity index (χ0) is 25.1. The first-order valence-electron chi connectivity index (χ1n) is 11.7. The predicted molar refractivity (Wildman–Crippen MR) is 134 cm³/mol. The molecule has 1 aliphatic rings. The molecule has 3 aromatic carbocycles. The Morgan fingerprint density at radius 2 is 1.77 bits per heavy atom. The molecule has 0 fully saturated rings. The largest absolute Gasteiger partial charge is 0.497 e. The zero-order valence-electron chi connectivity index (χ0n) is 20.3. The van der Waals surface area contributed by atoms with Gasteiger partial charge in [0.2, 0.25) is 0 Å². The summed E-state index contributed by atoms with van der Waals surface area (Å²) < 4.78 is 10.3. The quantitative estimate of drug-likeness (QED) is 0.449. The Balaban J connectivity index is 1.54. The van der Waals surface area contributed by atoms with Crippen LogP contribution in [0.15, 0.2) is 72.8 Å². The number of carbonyl (C=O) groups is 2. The fraction of sp³-hybridized carbons (Fsp3) is 0.310. The number of hydrogen-bond acceptors (Lipinski definition) is 5. The Bertz CT molecular complexity index is 1200. The highest BCUT2D eigenvalue weighted by atomic mass is 16.5. The molecule has 0 radical (unpaired) electrons. The van der Waals surface area contributed by atoms with E-state index in [1.165, 1.54) is 0 Å². The molecule has 1 amide bonds. The average Bonchev–Trinajstić information content (AvgIpc) is 3.23. The highest BCUT2D eigenvalue weighted by Gasteiger charge is 2.36. The first-order chi connectivity index (χ1) is 16.7. The number of benzene rings is 3. The van der Waals surface area contributed by atoms with Crippen molar-refractivity contribution in [3.05, 3.63) is 101 Å². The van der Waals surface area contributed by atoms with Gasteiger partial charge in [0.05, 0.1) is 18.3 Å². The SMILES string of the molecule is COc1ccc(CC(O)(CNC(=O)c2ccc3c(c2)COC3=O)CC(C)(C)c2ccccc2)cc1. The number of methoxy groups -OCH3 is 1. The fourth-order valence-corrected chi connectivity index (χ4v) is 4.75. The van der Waals surface area contributed by atoms with Crippen molar-refractivity contribution in [2.45, 2.75) is 44.3 Å². The van der Waals surface area contributed by atoms with E-state index in [1.54, 1.807) is 25.3 Å². The second-order valence-electron chi connectivity index (χ2n) is 9.81. The summed E-state index contributed by atoms with van der Waals surface area (Å²) in [7, 11) is 1.62. The maximum atomic E-state index is 13.0. The number of ether oxygens (including phenoxy) is 2. The molecule has 0 saturated carbocycles. The highest BCUT2D eigenvalue weighted by Crippen LogP contribution is 2.34. The van der Waals surface area contributed by atoms with E-state index in [4.69, 9.17) is 9.47 Å². The molecule has 35 heavy (non-hydrogen) atoms. The van der Waals surface area contributed by atoms with Crippen molar-refractivity contribution in [3.8, 4) is 5.75 Å². The molecule has 0 bridgehead atoms. The molecule has 6 heteroatoms. The summed E-state index contributed by atoms with van der Waals surface area (Å²) in [6.07, 6.45) is 0.795. The molecule has 3 aromatic rings. The Hall–Kier alpha value is -3.64. The Kier molecular flexibility index (Phi) is 6.94. The van der Waals surface area contributed by atoms with Gasteiger partial charge in [0.1, 0.15) is 12.4 Å². The third kappa shape index (κ3) is 5.72. The van der Waals surface area contributed by atoms with Gasteiger partial charge in [-0.3, -0.25) is 4.79 Å². The molecular formula is C29H31NO5. The standard InChI is InChI=1S/C29H31NO5/c1-28(2,23-7-5-4-6-8-23)18-29(33,16-20-9-12-24(34-3)13-10-20)19-30-26(31)21-11-14-25-22(15-21)17-35-27(25)32/h4-15,33H,16-19H2,1-3H3,(H,30,31). The van der Waals surface area contributed by atoms with Crippen LogP contribution in [0.1, 0.15) is 57.7 Å². The van der Waals surface area contributed by atoms with Crippen LogP contribution in [-0.2, 0) is 23.2 Å². The van der Waals surface area contributed by atoms with E-state index in [2.05, 4.69) is 31.3 Å². The van der Waals surface area contributed by atoms with Gasteiger partial charge in [0.25, 0.3) is 5.91 Å². The smallest absolute Gasteiger partial charge is 0.338 e. The maximum Gasteiger partial charge on any atom is 0.338 e. The van der Waals surface area contributed by atoms with Crippen molar-refractivity contribution < 1.29 is 24.2 Å². The lowest BCUT2D eigenvalue weighted by molar-refractivity contribution is 0.0136. The zero-order valence-corrected chi connectivity index (χ0v) is 20.3. The van der Waals surface area contributed by atoms with E-state index < -0.39 is 5.60 Å². The number of cyclic esters (lactones) is 1. The lowest BCUT2D eigenvalue weighted by Crippen LogP contribution is -2.48. The van der Waals surface area contributed by atoms with Crippen molar-refractivity contribution in [2.24, 2.45) is 0 Å². The number of carbonyl (C=O) groups excluding carboxylic acids is 2. The van der Waals surface area contributed by atoms with E-state index in [0.717, 1.165) is 16.9 Å². The van der Waals surface area contributed by atoms with Gasteiger partial charge >= 0.3 is 5.97 Å². The summed E-state index contributed by atoms with van der Waals surface area (Å²) in [4.78, 5) is 24.7. The van der Waals surface area contributed by atoms with Crippen molar-refractivity contribution in [1.29, 1.82) is 0 Å². The molecule has 1 heterocycles. The van der Waals surface area contributed by atoms with Crippen molar-refractivity contribution in [2.75, 3.05) is 13.7 Å². The molecule has 1 unspecified atom stereocenters. The van der Waals surface area contributed by atoms with E-state index in [1.807, 2.05) is 42.5 Å². The minimum absolute atomic E-state index is 0.0701. The third-order valence-corrected chi connectivity index (χ3v) is 6.54. The predicted octanol–water partition coefficient (Wildman–Crippen LogP) is 4.44. The number of rotatable bonds is 9. The number of aliphatic hydroxyl groups is 1. The summed E-state index contributed by atoms with van der Waals surface area (Å²) in [6, 6.07) is 22.5. The van der Waals surface area contributed by atoms with Crippen molar-refractivity contribution in [3.63, 3.8) is 0 Å². The van der Waals surface area contributed by atoms with Crippen LogP contribution in [-0.4, -0.2) is 36.2 Å². The summed E-state index contributed by atoms with van der Waals surface area (Å²) in [6.45, 7) is 4.43. The molecule has 0 spiro atoms. The number of esters is 1. The molecule has 1 aliphatic heterocycles. The van der Waals surface area contributed by atoms with Gasteiger partial charge in [-0.15, -0.1) is 0 Å². The molecule has 0 aromatic heterocycles. The van der Waals surface area contributed by atoms with Crippen LogP contribution in [0.3, 0.4) is 0 Å². The lowest BCUT2D eigenvalue weighted by atomic mass is 9.73. The molecule has 2 N–H and O–H groups in total. The second kappa shape index (κ2) is 9.92. The summed E-state index contributed by atoms with van der Waals surface area (Å²) in [5.74, 6) is 0.0658. The monoisotopic (exact) mass is 473 g/mol. The first kappa shape index (κ1) is 24.5. The van der Waals surface area contributed by atoms with Gasteiger partial charge in [-0.05, 0) is 53.3 Å². The Morgan fingerprint density at radius 1 is 1.06 bits per heavy atom. The van der Waals surface area contributed by atoms with Gasteiger partial charge in [-0.2, -0.15) is 0 Å². The maximum absolute atomic E-state index is 13.0. The molecule has 1 atom stereocenters. The van der Waals surface area contributed by atoms with Gasteiger partial charge in [-0.25, -0.2) is 4.79 Å². The van der Waals surface area contributed by atoms with Crippen LogP contribution in [0.25, 0.3) is 0 Å². The lowest BCUT2D eigenvalue weighted by Gasteiger charge is -2.37. The van der Waals surface area contributed by atoms with Gasteiger partial charge in [0.15, 0.2) is 0 Å². The highest BCUT2D eigenvalue weighted by molar-refractivity contribution is 5.98. The topological polar surface area (TPSA) is 84.9 Å². The van der Waals surface area contributed by atoms with E-state index in [-0.39, 0.29) is 30.4 Å². The number of amides is 1. The number of hydrogen-bond donors (Lipinski definition) is 2. The van der Waals surface area contributed by atoms with E-state index in [9.17, 15) is 14.7 Å². The normalized spacial score (nSPS) is 14.6. The molecule has 0 saturated heterocycles. The van der Waals surface area contributed by atoms with Crippen LogP contribution in [0, 0.1) is 0 Å².